The van der Waals surface area contributed by atoms with Crippen molar-refractivity contribution >= 4 is 46.8 Å². The van der Waals surface area contributed by atoms with Gasteiger partial charge in [-0.2, -0.15) is 5.06 Å². The molecule has 0 unspecified atom stereocenters. The van der Waals surface area contributed by atoms with Gasteiger partial charge in [0.1, 0.15) is 11.5 Å². The predicted molar refractivity (Wildman–Crippen MR) is 114 cm³/mol. The van der Waals surface area contributed by atoms with E-state index in [1.165, 1.54) is 20.2 Å². The van der Waals surface area contributed by atoms with Gasteiger partial charge in [0.2, 0.25) is 0 Å². The number of carbonyl (C=O) groups excluding carboxylic acids is 4. The molecule has 174 valence electrons. The molecule has 6 atom stereocenters. The van der Waals surface area contributed by atoms with Crippen LogP contribution in [-0.4, -0.2) is 67.8 Å². The van der Waals surface area contributed by atoms with Crippen molar-refractivity contribution in [2.45, 2.75) is 28.5 Å². The number of benzene rings is 1. The number of likely N-dealkylation sites (tertiary alicyclic amines) is 1. The standard InChI is InChI=1S/C22H20Cl2N2O7/c1-25-19(30)21(23)8-11-9(6-7-10-14(11)18(29)26(32)17(10)28)16(22(21,24)20(25)31)15-12(27)4-3-5-13(15)33-2/h3-6,10-11,14,16,27,32H,7-8H2,1-2H3/t10-,11+,14-,16+,21+,22-/m0/s1. The lowest BCUT2D eigenvalue weighted by Gasteiger charge is -2.50. The summed E-state index contributed by atoms with van der Waals surface area (Å²) in [5, 5.41) is 20.9. The number of alkyl halides is 2. The predicted octanol–water partition coefficient (Wildman–Crippen LogP) is 1.78. The first-order valence-electron chi connectivity index (χ1n) is 10.3. The maximum absolute atomic E-state index is 13.4. The van der Waals surface area contributed by atoms with E-state index in [4.69, 9.17) is 27.9 Å². The molecule has 4 amide bonds. The smallest absolute Gasteiger partial charge is 0.257 e. The Labute approximate surface area is 198 Å². The monoisotopic (exact) mass is 494 g/mol. The molecule has 2 heterocycles. The third-order valence-corrected chi connectivity index (χ3v) is 8.96. The van der Waals surface area contributed by atoms with Gasteiger partial charge in [0, 0.05) is 18.5 Å². The summed E-state index contributed by atoms with van der Waals surface area (Å²) in [7, 11) is 2.66. The molecule has 2 N–H and O–H groups in total. The number of hydroxylamine groups is 2. The van der Waals surface area contributed by atoms with E-state index in [-0.39, 0.29) is 35.0 Å². The molecule has 0 bridgehead atoms. The number of fused-ring (bicyclic) bond motifs is 4. The van der Waals surface area contributed by atoms with E-state index < -0.39 is 57.0 Å². The van der Waals surface area contributed by atoms with Gasteiger partial charge in [0.05, 0.1) is 18.9 Å². The van der Waals surface area contributed by atoms with Crippen molar-refractivity contribution in [2.24, 2.45) is 17.8 Å². The number of allylic oxidation sites excluding steroid dienone is 2. The molecule has 1 aromatic rings. The summed E-state index contributed by atoms with van der Waals surface area (Å²) >= 11 is 14.0. The summed E-state index contributed by atoms with van der Waals surface area (Å²) in [5.74, 6) is -6.72. The number of aromatic hydroxyl groups is 1. The van der Waals surface area contributed by atoms with Crippen LogP contribution in [-0.2, 0) is 19.2 Å². The summed E-state index contributed by atoms with van der Waals surface area (Å²) in [6, 6.07) is 4.52. The minimum absolute atomic E-state index is 0.110. The fraction of sp³-hybridized carbons (Fsp3) is 0.455. The number of nitrogens with zero attached hydrogens (tertiary/aromatic N) is 2. The van der Waals surface area contributed by atoms with Gasteiger partial charge in [-0.15, -0.1) is 23.2 Å². The van der Waals surface area contributed by atoms with Crippen LogP contribution in [0.2, 0.25) is 0 Å². The van der Waals surface area contributed by atoms with Crippen molar-refractivity contribution in [1.29, 1.82) is 0 Å². The third kappa shape index (κ3) is 2.47. The number of rotatable bonds is 2. The van der Waals surface area contributed by atoms with Crippen molar-refractivity contribution < 1.29 is 34.2 Å². The minimum atomic E-state index is -2.02. The highest BCUT2D eigenvalue weighted by Crippen LogP contribution is 2.66. The van der Waals surface area contributed by atoms with Crippen LogP contribution in [0, 0.1) is 17.8 Å². The van der Waals surface area contributed by atoms with Crippen LogP contribution >= 0.6 is 23.2 Å². The largest absolute Gasteiger partial charge is 0.508 e. The SMILES string of the molecule is COc1cccc(O)c1[C@H]1C2=CC[C@@H]3C(=O)N(O)C(=O)[C@@H]3[C@@H]2C[C@@]2(Cl)C(=O)N(C)C(=O)[C@@]12Cl. The Kier molecular flexibility index (Phi) is 4.67. The van der Waals surface area contributed by atoms with E-state index in [0.717, 1.165) is 4.90 Å². The molecule has 11 heteroatoms. The molecule has 1 saturated carbocycles. The van der Waals surface area contributed by atoms with Gasteiger partial charge in [-0.25, -0.2) is 0 Å². The van der Waals surface area contributed by atoms with E-state index in [2.05, 4.69) is 0 Å². The summed E-state index contributed by atoms with van der Waals surface area (Å²) in [6.45, 7) is 0. The maximum atomic E-state index is 13.4. The van der Waals surface area contributed by atoms with Gasteiger partial charge in [-0.3, -0.25) is 29.3 Å². The third-order valence-electron chi connectivity index (χ3n) is 7.54. The van der Waals surface area contributed by atoms with Crippen LogP contribution < -0.4 is 4.74 Å². The average molecular weight is 495 g/mol. The number of halogens is 2. The zero-order chi connectivity index (χ0) is 24.0. The molecular formula is C22H20Cl2N2O7. The highest BCUT2D eigenvalue weighted by atomic mass is 35.5. The lowest BCUT2D eigenvalue weighted by Crippen LogP contribution is -2.60. The average Bonchev–Trinajstić information content (AvgIpc) is 3.09. The maximum Gasteiger partial charge on any atom is 0.257 e. The molecule has 2 aliphatic carbocycles. The fourth-order valence-electron chi connectivity index (χ4n) is 6.05. The van der Waals surface area contributed by atoms with E-state index in [1.54, 1.807) is 18.2 Å². The van der Waals surface area contributed by atoms with Crippen molar-refractivity contribution in [3.05, 3.63) is 35.4 Å². The summed E-state index contributed by atoms with van der Waals surface area (Å²) < 4.78 is 5.45. The minimum Gasteiger partial charge on any atom is -0.508 e. The molecule has 5 rings (SSSR count). The molecule has 9 nitrogen and oxygen atoms in total. The van der Waals surface area contributed by atoms with Gasteiger partial charge in [0.25, 0.3) is 23.6 Å². The van der Waals surface area contributed by atoms with Crippen LogP contribution in [0.5, 0.6) is 11.5 Å². The Bertz CT molecular complexity index is 1170. The van der Waals surface area contributed by atoms with Crippen LogP contribution in [0.3, 0.4) is 0 Å². The zero-order valence-electron chi connectivity index (χ0n) is 17.6. The van der Waals surface area contributed by atoms with Gasteiger partial charge in [-0.1, -0.05) is 17.7 Å². The van der Waals surface area contributed by atoms with Crippen LogP contribution in [0.15, 0.2) is 29.8 Å². The van der Waals surface area contributed by atoms with Crippen LogP contribution in [0.1, 0.15) is 24.3 Å². The molecule has 0 radical (unpaired) electrons. The van der Waals surface area contributed by atoms with Crippen molar-refractivity contribution in [2.75, 3.05) is 14.2 Å². The first-order valence-corrected chi connectivity index (χ1v) is 11.1. The molecule has 33 heavy (non-hydrogen) atoms. The highest BCUT2D eigenvalue weighted by molar-refractivity contribution is 6.53. The molecule has 0 spiro atoms. The van der Waals surface area contributed by atoms with Crippen molar-refractivity contribution in [3.63, 3.8) is 0 Å². The van der Waals surface area contributed by atoms with Gasteiger partial charge in [-0.05, 0) is 30.9 Å². The lowest BCUT2D eigenvalue weighted by molar-refractivity contribution is -0.173. The van der Waals surface area contributed by atoms with E-state index >= 15 is 0 Å². The Morgan fingerprint density at radius 2 is 1.79 bits per heavy atom. The zero-order valence-corrected chi connectivity index (χ0v) is 19.1. The number of amides is 4. The number of methoxy groups -OCH3 is 1. The number of phenols is 1. The van der Waals surface area contributed by atoms with Gasteiger partial charge < -0.3 is 9.84 Å². The van der Waals surface area contributed by atoms with E-state index in [0.29, 0.717) is 5.57 Å². The van der Waals surface area contributed by atoms with Gasteiger partial charge >= 0.3 is 0 Å². The van der Waals surface area contributed by atoms with Gasteiger partial charge in [0.15, 0.2) is 9.75 Å². The molecule has 4 aliphatic rings. The molecule has 2 saturated heterocycles. The Hall–Kier alpha value is -2.62. The number of imide groups is 2. The number of carbonyl (C=O) groups is 4. The second-order valence-corrected chi connectivity index (χ2v) is 10.1. The fourth-order valence-corrected chi connectivity index (χ4v) is 7.05. The van der Waals surface area contributed by atoms with Crippen molar-refractivity contribution in [3.8, 4) is 11.5 Å². The molecule has 2 aliphatic heterocycles. The van der Waals surface area contributed by atoms with Crippen molar-refractivity contribution in [1.82, 2.24) is 9.96 Å². The Balaban J connectivity index is 1.80. The second kappa shape index (κ2) is 6.94. The first kappa shape index (κ1) is 22.2. The summed E-state index contributed by atoms with van der Waals surface area (Å²) in [4.78, 5) is 48.8. The molecular weight excluding hydrogens is 475 g/mol. The quantitative estimate of drug-likeness (QED) is 0.277. The summed E-state index contributed by atoms with van der Waals surface area (Å²) in [6.07, 6.45) is 1.62. The number of hydrogen-bond donors (Lipinski definition) is 2. The van der Waals surface area contributed by atoms with Crippen LogP contribution in [0.4, 0.5) is 0 Å². The molecule has 3 fully saturated rings. The Morgan fingerprint density at radius 3 is 2.45 bits per heavy atom. The normalized spacial score (nSPS) is 37.7. The highest BCUT2D eigenvalue weighted by Gasteiger charge is 2.76. The van der Waals surface area contributed by atoms with E-state index in [1.807, 2.05) is 0 Å². The molecule has 1 aromatic carbocycles. The number of ether oxygens (including phenoxy) is 1. The number of hydrogen-bond acceptors (Lipinski definition) is 7. The van der Waals surface area contributed by atoms with Crippen LogP contribution in [0.25, 0.3) is 0 Å². The second-order valence-electron chi connectivity index (χ2n) is 8.88. The Morgan fingerprint density at radius 1 is 1.09 bits per heavy atom. The number of phenolic OH excluding ortho intramolecular Hbond substituents is 1. The summed E-state index contributed by atoms with van der Waals surface area (Å²) in [5.41, 5.74) is 0.652. The first-order chi connectivity index (χ1) is 15.5. The molecule has 0 aromatic heterocycles. The topological polar surface area (TPSA) is 124 Å². The van der Waals surface area contributed by atoms with E-state index in [9.17, 15) is 29.5 Å². The lowest BCUT2D eigenvalue weighted by atomic mass is 9.56.